The van der Waals surface area contributed by atoms with Crippen molar-refractivity contribution < 1.29 is 9.53 Å². The number of likely N-dealkylation sites (tertiary alicyclic amines) is 1. The smallest absolute Gasteiger partial charge is 0.323 e. The molecule has 4 rings (SSSR count). The molecule has 0 unspecified atom stereocenters. The van der Waals surface area contributed by atoms with Gasteiger partial charge in [-0.3, -0.25) is 9.69 Å². The van der Waals surface area contributed by atoms with Crippen LogP contribution in [-0.4, -0.2) is 51.2 Å². The quantitative estimate of drug-likeness (QED) is 0.856. The summed E-state index contributed by atoms with van der Waals surface area (Å²) < 4.78 is 5.02. The fraction of sp³-hybridized carbons (Fsp3) is 0.529. The molecule has 24 heavy (non-hydrogen) atoms. The molecule has 7 nitrogen and oxygen atoms in total. The Morgan fingerprint density at radius 3 is 2.75 bits per heavy atom. The molecule has 1 saturated carbocycles. The van der Waals surface area contributed by atoms with Crippen molar-refractivity contribution in [3.8, 4) is 11.4 Å². The standard InChI is InChI=1S/C17H21N5O2/c1-9-4-11(16-18-20-21-19-16)5-10(2)14(9)8-22-7-12-6-13(12)15(22)17(23)24-3/h4-5,12-13,15H,6-8H2,1-3H3,(H,18,19,20,21)/t12-,13-,15+/m1/s1. The number of ether oxygens (including phenoxy) is 1. The molecule has 0 bridgehead atoms. The first kappa shape index (κ1) is 15.3. The second-order valence-electron chi connectivity index (χ2n) is 6.88. The van der Waals surface area contributed by atoms with E-state index in [1.165, 1.54) is 23.8 Å². The monoisotopic (exact) mass is 327 g/mol. The van der Waals surface area contributed by atoms with Gasteiger partial charge in [-0.05, 0) is 66.1 Å². The van der Waals surface area contributed by atoms with Crippen molar-refractivity contribution in [2.45, 2.75) is 32.9 Å². The van der Waals surface area contributed by atoms with Crippen LogP contribution in [0.5, 0.6) is 0 Å². The molecule has 2 aliphatic rings. The van der Waals surface area contributed by atoms with Crippen molar-refractivity contribution in [3.63, 3.8) is 0 Å². The molecule has 1 aromatic carbocycles. The molecule has 1 aliphatic carbocycles. The van der Waals surface area contributed by atoms with E-state index in [0.717, 1.165) is 25.1 Å². The molecule has 2 heterocycles. The number of esters is 1. The number of nitrogens with one attached hydrogen (secondary N) is 1. The summed E-state index contributed by atoms with van der Waals surface area (Å²) >= 11 is 0. The van der Waals surface area contributed by atoms with Crippen molar-refractivity contribution in [1.82, 2.24) is 25.5 Å². The number of piperidine rings is 1. The summed E-state index contributed by atoms with van der Waals surface area (Å²) in [5.41, 5.74) is 4.58. The third-order valence-corrected chi connectivity index (χ3v) is 5.35. The lowest BCUT2D eigenvalue weighted by molar-refractivity contribution is -0.147. The normalized spacial score (nSPS) is 25.5. The van der Waals surface area contributed by atoms with Crippen LogP contribution in [0, 0.1) is 25.7 Å². The average molecular weight is 327 g/mol. The molecule has 0 spiro atoms. The summed E-state index contributed by atoms with van der Waals surface area (Å²) in [7, 11) is 1.48. The highest BCUT2D eigenvalue weighted by molar-refractivity contribution is 5.77. The van der Waals surface area contributed by atoms with Gasteiger partial charge in [0.05, 0.1) is 7.11 Å². The van der Waals surface area contributed by atoms with E-state index in [0.29, 0.717) is 17.7 Å². The maximum Gasteiger partial charge on any atom is 0.323 e. The summed E-state index contributed by atoms with van der Waals surface area (Å²) in [6.07, 6.45) is 1.16. The summed E-state index contributed by atoms with van der Waals surface area (Å²) in [5, 5.41) is 14.2. The zero-order valence-electron chi connectivity index (χ0n) is 14.1. The number of tetrazole rings is 1. The van der Waals surface area contributed by atoms with E-state index in [9.17, 15) is 4.79 Å². The van der Waals surface area contributed by atoms with Gasteiger partial charge in [0.25, 0.3) is 0 Å². The van der Waals surface area contributed by atoms with Gasteiger partial charge in [0.15, 0.2) is 0 Å². The van der Waals surface area contributed by atoms with E-state index >= 15 is 0 Å². The average Bonchev–Trinajstić information content (AvgIpc) is 3.01. The number of hydrogen-bond donors (Lipinski definition) is 1. The predicted octanol–water partition coefficient (Wildman–Crippen LogP) is 1.48. The van der Waals surface area contributed by atoms with E-state index in [1.807, 2.05) is 0 Å². The highest BCUT2D eigenvalue weighted by Gasteiger charge is 2.55. The number of aryl methyl sites for hydroxylation is 2. The van der Waals surface area contributed by atoms with Gasteiger partial charge < -0.3 is 4.74 Å². The van der Waals surface area contributed by atoms with Crippen molar-refractivity contribution in [3.05, 3.63) is 28.8 Å². The van der Waals surface area contributed by atoms with Crippen LogP contribution >= 0.6 is 0 Å². The van der Waals surface area contributed by atoms with Crippen LogP contribution in [0.15, 0.2) is 12.1 Å². The van der Waals surface area contributed by atoms with Crippen molar-refractivity contribution in [1.29, 1.82) is 0 Å². The van der Waals surface area contributed by atoms with Gasteiger partial charge in [-0.15, -0.1) is 10.2 Å². The molecule has 0 radical (unpaired) electrons. The summed E-state index contributed by atoms with van der Waals surface area (Å²) in [6.45, 7) is 5.94. The molecule has 2 aromatic rings. The predicted molar refractivity (Wildman–Crippen MR) is 86.9 cm³/mol. The van der Waals surface area contributed by atoms with Crippen LogP contribution in [0.25, 0.3) is 11.4 Å². The number of rotatable bonds is 4. The van der Waals surface area contributed by atoms with Crippen LogP contribution in [0.1, 0.15) is 23.1 Å². The van der Waals surface area contributed by atoms with E-state index in [2.05, 4.69) is 51.5 Å². The molecular formula is C17H21N5O2. The molecule has 3 atom stereocenters. The van der Waals surface area contributed by atoms with Crippen LogP contribution in [-0.2, 0) is 16.1 Å². The summed E-state index contributed by atoms with van der Waals surface area (Å²) in [6, 6.07) is 4.07. The van der Waals surface area contributed by atoms with Crippen molar-refractivity contribution in [2.24, 2.45) is 11.8 Å². The minimum absolute atomic E-state index is 0.0873. The second-order valence-corrected chi connectivity index (χ2v) is 6.88. The number of carbonyl (C=O) groups excluding carboxylic acids is 1. The van der Waals surface area contributed by atoms with E-state index < -0.39 is 0 Å². The number of H-pyrrole nitrogens is 1. The third-order valence-electron chi connectivity index (χ3n) is 5.35. The lowest BCUT2D eigenvalue weighted by atomic mass is 9.98. The summed E-state index contributed by atoms with van der Waals surface area (Å²) in [4.78, 5) is 14.4. The molecular weight excluding hydrogens is 306 g/mol. The zero-order valence-corrected chi connectivity index (χ0v) is 14.1. The molecule has 2 fully saturated rings. The maximum atomic E-state index is 12.1. The highest BCUT2D eigenvalue weighted by atomic mass is 16.5. The molecule has 7 heteroatoms. The minimum atomic E-state index is -0.0984. The molecule has 1 saturated heterocycles. The van der Waals surface area contributed by atoms with E-state index in [1.54, 1.807) is 0 Å². The molecule has 126 valence electrons. The number of benzene rings is 1. The lowest BCUT2D eigenvalue weighted by Gasteiger charge is -2.27. The van der Waals surface area contributed by atoms with Gasteiger partial charge in [0, 0.05) is 18.7 Å². The Morgan fingerprint density at radius 1 is 1.38 bits per heavy atom. The van der Waals surface area contributed by atoms with Crippen LogP contribution in [0.4, 0.5) is 0 Å². The lowest BCUT2D eigenvalue weighted by Crippen LogP contribution is -2.39. The van der Waals surface area contributed by atoms with Gasteiger partial charge in [-0.25, -0.2) is 0 Å². The third kappa shape index (κ3) is 2.49. The molecule has 1 N–H and O–H groups in total. The number of carbonyl (C=O) groups is 1. The first-order valence-electron chi connectivity index (χ1n) is 8.24. The second kappa shape index (κ2) is 5.66. The summed E-state index contributed by atoms with van der Waals surface area (Å²) in [5.74, 6) is 1.64. The molecule has 0 amide bonds. The number of hydrogen-bond acceptors (Lipinski definition) is 6. The van der Waals surface area contributed by atoms with Crippen molar-refractivity contribution >= 4 is 5.97 Å². The Hall–Kier alpha value is -2.28. The highest BCUT2D eigenvalue weighted by Crippen LogP contribution is 2.50. The number of fused-ring (bicyclic) bond motifs is 1. The number of aromatic nitrogens is 4. The van der Waals surface area contributed by atoms with Gasteiger partial charge in [-0.2, -0.15) is 5.21 Å². The van der Waals surface area contributed by atoms with E-state index in [-0.39, 0.29) is 12.0 Å². The Bertz CT molecular complexity index is 750. The largest absolute Gasteiger partial charge is 0.468 e. The number of aromatic amines is 1. The number of methoxy groups -OCH3 is 1. The van der Waals surface area contributed by atoms with E-state index in [4.69, 9.17) is 4.74 Å². The topological polar surface area (TPSA) is 84.0 Å². The fourth-order valence-corrected chi connectivity index (χ4v) is 4.02. The molecule has 1 aromatic heterocycles. The van der Waals surface area contributed by atoms with Crippen LogP contribution in [0.3, 0.4) is 0 Å². The maximum absolute atomic E-state index is 12.1. The Morgan fingerprint density at radius 2 is 2.12 bits per heavy atom. The molecule has 1 aliphatic heterocycles. The Balaban J connectivity index is 1.60. The SMILES string of the molecule is COC(=O)[C@@H]1[C@@H]2C[C@@H]2CN1Cc1c(C)cc(-c2nn[nH]n2)cc1C. The van der Waals surface area contributed by atoms with Gasteiger partial charge in [0.2, 0.25) is 5.82 Å². The number of nitrogens with zero attached hydrogens (tertiary/aromatic N) is 4. The Labute approximate surface area is 140 Å². The van der Waals surface area contributed by atoms with Gasteiger partial charge in [-0.1, -0.05) is 0 Å². The van der Waals surface area contributed by atoms with Crippen molar-refractivity contribution in [2.75, 3.05) is 13.7 Å². The zero-order chi connectivity index (χ0) is 16.8. The fourth-order valence-electron chi connectivity index (χ4n) is 4.02. The van der Waals surface area contributed by atoms with Crippen LogP contribution in [0.2, 0.25) is 0 Å². The minimum Gasteiger partial charge on any atom is -0.468 e. The van der Waals surface area contributed by atoms with Gasteiger partial charge >= 0.3 is 5.97 Å². The first-order valence-corrected chi connectivity index (χ1v) is 8.24. The Kier molecular flexibility index (Phi) is 3.60. The van der Waals surface area contributed by atoms with Gasteiger partial charge in [0.1, 0.15) is 6.04 Å². The van der Waals surface area contributed by atoms with Crippen LogP contribution < -0.4 is 0 Å². The first-order chi connectivity index (χ1) is 11.6.